The van der Waals surface area contributed by atoms with Crippen LogP contribution in [0.15, 0.2) is 48.8 Å². The Hall–Kier alpha value is -3.08. The molecule has 5 nitrogen and oxygen atoms in total. The topological polar surface area (TPSA) is 53.4 Å². The Kier molecular flexibility index (Phi) is 5.83. The molecule has 0 N–H and O–H groups in total. The van der Waals surface area contributed by atoms with E-state index in [2.05, 4.69) is 37.9 Å². The second-order valence-corrected chi connectivity index (χ2v) is 7.04. The molecular weight excluding hydrogens is 352 g/mol. The monoisotopic (exact) mass is 378 g/mol. The molecule has 0 aliphatic carbocycles. The first kappa shape index (κ1) is 19.7. The van der Waals surface area contributed by atoms with Crippen LogP contribution in [0, 0.1) is 20.8 Å². The first-order valence-corrected chi connectivity index (χ1v) is 9.32. The lowest BCUT2D eigenvalue weighted by molar-refractivity contribution is 0.139. The van der Waals surface area contributed by atoms with Crippen molar-refractivity contribution in [3.63, 3.8) is 0 Å². The van der Waals surface area contributed by atoms with E-state index < -0.39 is 6.09 Å². The highest BCUT2D eigenvalue weighted by Gasteiger charge is 2.21. The minimum atomic E-state index is -0.452. The summed E-state index contributed by atoms with van der Waals surface area (Å²) in [5, 5.41) is 0. The van der Waals surface area contributed by atoms with Crippen molar-refractivity contribution in [2.75, 3.05) is 7.11 Å². The molecule has 1 atom stereocenters. The maximum atomic E-state index is 12.7. The first-order valence-electron chi connectivity index (χ1n) is 9.32. The summed E-state index contributed by atoms with van der Waals surface area (Å²) in [7, 11) is 1.61. The number of hydrogen-bond donors (Lipinski definition) is 0. The van der Waals surface area contributed by atoms with Gasteiger partial charge < -0.3 is 9.47 Å². The van der Waals surface area contributed by atoms with Crippen LogP contribution in [0.4, 0.5) is 4.79 Å². The van der Waals surface area contributed by atoms with Crippen LogP contribution < -0.4 is 4.74 Å². The summed E-state index contributed by atoms with van der Waals surface area (Å²) in [5.41, 5.74) is 5.50. The van der Waals surface area contributed by atoms with Gasteiger partial charge in [0.25, 0.3) is 0 Å². The second kappa shape index (κ2) is 8.30. The Balaban J connectivity index is 1.80. The maximum Gasteiger partial charge on any atom is 0.419 e. The predicted octanol–water partition coefficient (Wildman–Crippen LogP) is 5.15. The largest absolute Gasteiger partial charge is 0.496 e. The zero-order chi connectivity index (χ0) is 20.3. The number of aryl methyl sites for hydroxylation is 2. The average Bonchev–Trinajstić information content (AvgIpc) is 3.18. The number of benzene rings is 2. The highest BCUT2D eigenvalue weighted by atomic mass is 16.6. The smallest absolute Gasteiger partial charge is 0.419 e. The van der Waals surface area contributed by atoms with Crippen LogP contribution in [0.2, 0.25) is 0 Å². The molecular formula is C23H26N2O3. The van der Waals surface area contributed by atoms with Crippen molar-refractivity contribution in [2.24, 2.45) is 0 Å². The molecule has 28 heavy (non-hydrogen) atoms. The molecule has 3 aromatic rings. The molecule has 5 heteroatoms. The van der Waals surface area contributed by atoms with Gasteiger partial charge in [-0.3, -0.25) is 0 Å². The van der Waals surface area contributed by atoms with Gasteiger partial charge in [-0.2, -0.15) is 0 Å². The molecule has 0 radical (unpaired) electrons. The van der Waals surface area contributed by atoms with Crippen molar-refractivity contribution in [3.05, 3.63) is 82.4 Å². The van der Waals surface area contributed by atoms with Crippen molar-refractivity contribution in [1.29, 1.82) is 0 Å². The Morgan fingerprint density at radius 1 is 1.18 bits per heavy atom. The summed E-state index contributed by atoms with van der Waals surface area (Å²) in [6.07, 6.45) is 2.82. The van der Waals surface area contributed by atoms with E-state index in [1.54, 1.807) is 19.5 Å². The van der Waals surface area contributed by atoms with Crippen LogP contribution in [0.25, 0.3) is 0 Å². The molecule has 146 valence electrons. The van der Waals surface area contributed by atoms with Gasteiger partial charge in [-0.05, 0) is 49.1 Å². The van der Waals surface area contributed by atoms with E-state index in [-0.39, 0.29) is 12.5 Å². The standard InChI is InChI=1S/C23H26N2O3/c1-15-9-10-19(21(13-15)27-5)14-28-23(26)25-12-11-24-22(25)18(4)20-8-6-7-16(2)17(20)3/h6-13,18H,14H2,1-5H3/t18-/m0/s1. The number of imidazole rings is 1. The molecule has 0 unspecified atom stereocenters. The lowest BCUT2D eigenvalue weighted by Crippen LogP contribution is -2.18. The van der Waals surface area contributed by atoms with Gasteiger partial charge in [0.05, 0.1) is 7.11 Å². The molecule has 0 amide bonds. The van der Waals surface area contributed by atoms with Crippen LogP contribution in [-0.2, 0) is 11.3 Å². The van der Waals surface area contributed by atoms with Gasteiger partial charge in [0, 0.05) is 23.9 Å². The Morgan fingerprint density at radius 3 is 2.71 bits per heavy atom. The van der Waals surface area contributed by atoms with Gasteiger partial charge in [0.15, 0.2) is 0 Å². The zero-order valence-electron chi connectivity index (χ0n) is 17.0. The van der Waals surface area contributed by atoms with Gasteiger partial charge in [0.2, 0.25) is 0 Å². The molecule has 0 fully saturated rings. The third-order valence-electron chi connectivity index (χ3n) is 5.16. The highest BCUT2D eigenvalue weighted by Crippen LogP contribution is 2.27. The first-order chi connectivity index (χ1) is 13.4. The van der Waals surface area contributed by atoms with E-state index in [4.69, 9.17) is 9.47 Å². The summed E-state index contributed by atoms with van der Waals surface area (Å²) in [5.74, 6) is 1.34. The Labute approximate surface area is 165 Å². The fraction of sp³-hybridized carbons (Fsp3) is 0.304. The van der Waals surface area contributed by atoms with E-state index in [1.807, 2.05) is 31.2 Å². The van der Waals surface area contributed by atoms with Crippen LogP contribution in [-0.4, -0.2) is 22.8 Å². The van der Waals surface area contributed by atoms with Crippen LogP contribution in [0.3, 0.4) is 0 Å². The number of nitrogens with zero attached hydrogens (tertiary/aromatic N) is 2. The molecule has 2 aromatic carbocycles. The summed E-state index contributed by atoms with van der Waals surface area (Å²) in [4.78, 5) is 17.1. The SMILES string of the molecule is COc1cc(C)ccc1COC(=O)n1ccnc1[C@@H](C)c1cccc(C)c1C. The Bertz CT molecular complexity index is 991. The summed E-state index contributed by atoms with van der Waals surface area (Å²) >= 11 is 0. The summed E-state index contributed by atoms with van der Waals surface area (Å²) in [6, 6.07) is 12.0. The molecule has 0 saturated heterocycles. The number of rotatable bonds is 5. The zero-order valence-corrected chi connectivity index (χ0v) is 17.0. The van der Waals surface area contributed by atoms with Crippen LogP contribution in [0.1, 0.15) is 46.5 Å². The summed E-state index contributed by atoms with van der Waals surface area (Å²) in [6.45, 7) is 8.36. The van der Waals surface area contributed by atoms with E-state index in [1.165, 1.54) is 15.7 Å². The van der Waals surface area contributed by atoms with Crippen LogP contribution in [0.5, 0.6) is 5.75 Å². The van der Waals surface area contributed by atoms with Crippen molar-refractivity contribution in [2.45, 2.75) is 40.2 Å². The van der Waals surface area contributed by atoms with Gasteiger partial charge >= 0.3 is 6.09 Å². The normalized spacial score (nSPS) is 11.9. The Morgan fingerprint density at radius 2 is 1.96 bits per heavy atom. The molecule has 1 aromatic heterocycles. The highest BCUT2D eigenvalue weighted by molar-refractivity contribution is 5.71. The quantitative estimate of drug-likeness (QED) is 0.616. The summed E-state index contributed by atoms with van der Waals surface area (Å²) < 4.78 is 12.4. The number of methoxy groups -OCH3 is 1. The number of aromatic nitrogens is 2. The number of ether oxygens (including phenoxy) is 2. The molecule has 3 rings (SSSR count). The minimum absolute atomic E-state index is 0.0311. The number of carbonyl (C=O) groups is 1. The van der Waals surface area contributed by atoms with Crippen molar-refractivity contribution >= 4 is 6.09 Å². The molecule has 0 bridgehead atoms. The fourth-order valence-corrected chi connectivity index (χ4v) is 3.35. The maximum absolute atomic E-state index is 12.7. The number of carbonyl (C=O) groups excluding carboxylic acids is 1. The lowest BCUT2D eigenvalue weighted by Gasteiger charge is -2.17. The molecule has 0 aliphatic heterocycles. The second-order valence-electron chi connectivity index (χ2n) is 7.04. The van der Waals surface area contributed by atoms with Crippen molar-refractivity contribution in [1.82, 2.24) is 9.55 Å². The van der Waals surface area contributed by atoms with Crippen LogP contribution >= 0.6 is 0 Å². The van der Waals surface area contributed by atoms with Gasteiger partial charge in [-0.1, -0.05) is 37.3 Å². The van der Waals surface area contributed by atoms with Crippen molar-refractivity contribution in [3.8, 4) is 5.75 Å². The average molecular weight is 378 g/mol. The lowest BCUT2D eigenvalue weighted by atomic mass is 9.93. The third kappa shape index (κ3) is 3.93. The predicted molar refractivity (Wildman–Crippen MR) is 109 cm³/mol. The third-order valence-corrected chi connectivity index (χ3v) is 5.16. The molecule has 1 heterocycles. The van der Waals surface area contributed by atoms with Gasteiger partial charge in [-0.15, -0.1) is 0 Å². The van der Waals surface area contributed by atoms with E-state index >= 15 is 0 Å². The van der Waals surface area contributed by atoms with E-state index in [9.17, 15) is 4.79 Å². The minimum Gasteiger partial charge on any atom is -0.496 e. The van der Waals surface area contributed by atoms with Crippen molar-refractivity contribution < 1.29 is 14.3 Å². The van der Waals surface area contributed by atoms with Gasteiger partial charge in [-0.25, -0.2) is 14.3 Å². The van der Waals surface area contributed by atoms with E-state index in [0.717, 1.165) is 16.7 Å². The van der Waals surface area contributed by atoms with E-state index in [0.29, 0.717) is 11.6 Å². The van der Waals surface area contributed by atoms with Gasteiger partial charge in [0.1, 0.15) is 18.2 Å². The molecule has 0 spiro atoms. The molecule has 0 aliphatic rings. The molecule has 0 saturated carbocycles. The fourth-order valence-electron chi connectivity index (χ4n) is 3.35. The number of hydrogen-bond acceptors (Lipinski definition) is 4.